The molecule has 0 saturated carbocycles. The smallest absolute Gasteiger partial charge is 0.210 e. The van der Waals surface area contributed by atoms with Crippen molar-refractivity contribution < 1.29 is 8.42 Å². The summed E-state index contributed by atoms with van der Waals surface area (Å²) in [7, 11) is -3.46. The Hall–Kier alpha value is -1.73. The standard InChI is InChI=1S/C12H16N4O2S/c13-19(17,18)9-8-16-10-12(14-15-16)7-6-11-4-2-1-3-5-11/h1-5,10H,6-9H2,(H2,13,17,18). The highest BCUT2D eigenvalue weighted by atomic mass is 32.2. The maximum absolute atomic E-state index is 10.8. The minimum absolute atomic E-state index is 0.130. The molecule has 7 heteroatoms. The van der Waals surface area contributed by atoms with Crippen molar-refractivity contribution in [2.45, 2.75) is 19.4 Å². The lowest BCUT2D eigenvalue weighted by molar-refractivity contribution is 0.576. The van der Waals surface area contributed by atoms with Gasteiger partial charge in [0, 0.05) is 6.20 Å². The number of sulfonamides is 1. The molecule has 102 valence electrons. The van der Waals surface area contributed by atoms with Gasteiger partial charge >= 0.3 is 0 Å². The molecule has 0 spiro atoms. The zero-order valence-corrected chi connectivity index (χ0v) is 11.3. The topological polar surface area (TPSA) is 90.9 Å². The Bertz CT molecular complexity index is 622. The molecule has 19 heavy (non-hydrogen) atoms. The van der Waals surface area contributed by atoms with Crippen LogP contribution in [0.2, 0.25) is 0 Å². The predicted octanol–water partition coefficient (Wildman–Crippen LogP) is 0.352. The van der Waals surface area contributed by atoms with E-state index in [2.05, 4.69) is 22.4 Å². The van der Waals surface area contributed by atoms with Gasteiger partial charge in [0.05, 0.1) is 18.0 Å². The van der Waals surface area contributed by atoms with Crippen LogP contribution in [-0.2, 0) is 29.4 Å². The van der Waals surface area contributed by atoms with E-state index >= 15 is 0 Å². The van der Waals surface area contributed by atoms with Gasteiger partial charge in [-0.25, -0.2) is 13.6 Å². The van der Waals surface area contributed by atoms with Crippen molar-refractivity contribution in [1.82, 2.24) is 15.0 Å². The van der Waals surface area contributed by atoms with Crippen LogP contribution in [0.15, 0.2) is 36.5 Å². The van der Waals surface area contributed by atoms with Crippen LogP contribution < -0.4 is 5.14 Å². The van der Waals surface area contributed by atoms with Crippen molar-refractivity contribution in [3.05, 3.63) is 47.8 Å². The summed E-state index contributed by atoms with van der Waals surface area (Å²) < 4.78 is 23.2. The van der Waals surface area contributed by atoms with E-state index in [0.717, 1.165) is 18.5 Å². The van der Waals surface area contributed by atoms with Crippen LogP contribution in [-0.4, -0.2) is 29.2 Å². The Morgan fingerprint density at radius 3 is 2.58 bits per heavy atom. The first-order valence-corrected chi connectivity index (χ1v) is 7.68. The fraction of sp³-hybridized carbons (Fsp3) is 0.333. The van der Waals surface area contributed by atoms with E-state index in [1.807, 2.05) is 18.2 Å². The maximum Gasteiger partial charge on any atom is 0.210 e. The van der Waals surface area contributed by atoms with Crippen molar-refractivity contribution in [1.29, 1.82) is 0 Å². The highest BCUT2D eigenvalue weighted by Gasteiger charge is 2.06. The number of benzene rings is 1. The molecule has 0 amide bonds. The highest BCUT2D eigenvalue weighted by molar-refractivity contribution is 7.89. The fourth-order valence-corrected chi connectivity index (χ4v) is 2.14. The molecule has 0 aliphatic heterocycles. The molecule has 0 radical (unpaired) electrons. The molecule has 6 nitrogen and oxygen atoms in total. The summed E-state index contributed by atoms with van der Waals surface area (Å²) in [5, 5.41) is 12.8. The number of aromatic nitrogens is 3. The van der Waals surface area contributed by atoms with Crippen LogP contribution in [0.25, 0.3) is 0 Å². The summed E-state index contributed by atoms with van der Waals surface area (Å²) in [6.45, 7) is 0.233. The molecular weight excluding hydrogens is 264 g/mol. The van der Waals surface area contributed by atoms with Crippen molar-refractivity contribution in [3.63, 3.8) is 0 Å². The van der Waals surface area contributed by atoms with Gasteiger partial charge in [-0.15, -0.1) is 5.10 Å². The van der Waals surface area contributed by atoms with Crippen LogP contribution in [0, 0.1) is 0 Å². The second kappa shape index (κ2) is 5.94. The lowest BCUT2D eigenvalue weighted by Crippen LogP contribution is -2.20. The fourth-order valence-electron chi connectivity index (χ4n) is 1.70. The zero-order chi connectivity index (χ0) is 13.7. The first kappa shape index (κ1) is 13.7. The Morgan fingerprint density at radius 2 is 1.89 bits per heavy atom. The van der Waals surface area contributed by atoms with Gasteiger partial charge in [-0.1, -0.05) is 35.5 Å². The molecule has 0 atom stereocenters. The third-order valence-electron chi connectivity index (χ3n) is 2.70. The van der Waals surface area contributed by atoms with Crippen molar-refractivity contribution in [2.75, 3.05) is 5.75 Å². The largest absolute Gasteiger partial charge is 0.251 e. The zero-order valence-electron chi connectivity index (χ0n) is 10.4. The third-order valence-corrected chi connectivity index (χ3v) is 3.46. The predicted molar refractivity (Wildman–Crippen MR) is 71.8 cm³/mol. The van der Waals surface area contributed by atoms with E-state index in [-0.39, 0.29) is 12.3 Å². The molecule has 2 N–H and O–H groups in total. The van der Waals surface area contributed by atoms with E-state index in [1.165, 1.54) is 10.2 Å². The second-order valence-corrected chi connectivity index (χ2v) is 6.06. The Kier molecular flexibility index (Phi) is 4.28. The number of hydrogen-bond donors (Lipinski definition) is 1. The maximum atomic E-state index is 10.8. The SMILES string of the molecule is NS(=O)(=O)CCn1cc(CCc2ccccc2)nn1. The molecule has 0 fully saturated rings. The van der Waals surface area contributed by atoms with Gasteiger partial charge < -0.3 is 0 Å². The second-order valence-electron chi connectivity index (χ2n) is 4.33. The minimum atomic E-state index is -3.46. The highest BCUT2D eigenvalue weighted by Crippen LogP contribution is 2.04. The first-order valence-electron chi connectivity index (χ1n) is 5.96. The van der Waals surface area contributed by atoms with Crippen LogP contribution in [0.3, 0.4) is 0 Å². The third kappa shape index (κ3) is 4.80. The normalized spacial score (nSPS) is 11.6. The number of aryl methyl sites for hydroxylation is 3. The quantitative estimate of drug-likeness (QED) is 0.826. The summed E-state index contributed by atoms with van der Waals surface area (Å²) in [5.74, 6) is -0.130. The van der Waals surface area contributed by atoms with E-state index in [9.17, 15) is 8.42 Å². The lowest BCUT2D eigenvalue weighted by Gasteiger charge is -1.98. The average molecular weight is 280 g/mol. The molecule has 0 bridgehead atoms. The Morgan fingerprint density at radius 1 is 1.16 bits per heavy atom. The molecule has 1 aromatic carbocycles. The van der Waals surface area contributed by atoms with Gasteiger partial charge in [-0.3, -0.25) is 4.68 Å². The molecular formula is C12H16N4O2S. The van der Waals surface area contributed by atoms with Gasteiger partial charge in [0.1, 0.15) is 0 Å². The molecule has 0 aliphatic carbocycles. The number of primary sulfonamides is 1. The monoisotopic (exact) mass is 280 g/mol. The number of hydrogen-bond acceptors (Lipinski definition) is 4. The van der Waals surface area contributed by atoms with E-state index < -0.39 is 10.0 Å². The molecule has 0 aliphatic rings. The molecule has 1 heterocycles. The Labute approximate surface area is 112 Å². The van der Waals surface area contributed by atoms with E-state index in [4.69, 9.17) is 5.14 Å². The van der Waals surface area contributed by atoms with Gasteiger partial charge in [0.2, 0.25) is 10.0 Å². The lowest BCUT2D eigenvalue weighted by atomic mass is 10.1. The van der Waals surface area contributed by atoms with Crippen LogP contribution in [0.4, 0.5) is 0 Å². The van der Waals surface area contributed by atoms with Gasteiger partial charge in [-0.2, -0.15) is 0 Å². The number of nitrogens with two attached hydrogens (primary N) is 1. The average Bonchev–Trinajstić information content (AvgIpc) is 2.82. The summed E-state index contributed by atoms with van der Waals surface area (Å²) >= 11 is 0. The van der Waals surface area contributed by atoms with Crippen molar-refractivity contribution >= 4 is 10.0 Å². The van der Waals surface area contributed by atoms with Crippen LogP contribution in [0.1, 0.15) is 11.3 Å². The van der Waals surface area contributed by atoms with Crippen LogP contribution >= 0.6 is 0 Å². The van der Waals surface area contributed by atoms with Crippen molar-refractivity contribution in [2.24, 2.45) is 5.14 Å². The summed E-state index contributed by atoms with van der Waals surface area (Å²) in [6.07, 6.45) is 3.42. The van der Waals surface area contributed by atoms with E-state index in [1.54, 1.807) is 6.20 Å². The molecule has 0 saturated heterocycles. The molecule has 1 aromatic heterocycles. The summed E-state index contributed by atoms with van der Waals surface area (Å²) in [4.78, 5) is 0. The van der Waals surface area contributed by atoms with E-state index in [0.29, 0.717) is 0 Å². The van der Waals surface area contributed by atoms with Gasteiger partial charge in [0.15, 0.2) is 0 Å². The van der Waals surface area contributed by atoms with Crippen molar-refractivity contribution in [3.8, 4) is 0 Å². The van der Waals surface area contributed by atoms with Gasteiger partial charge in [0.25, 0.3) is 0 Å². The first-order chi connectivity index (χ1) is 9.03. The molecule has 0 unspecified atom stereocenters. The molecule has 2 aromatic rings. The van der Waals surface area contributed by atoms with Gasteiger partial charge in [-0.05, 0) is 18.4 Å². The minimum Gasteiger partial charge on any atom is -0.251 e. The number of nitrogens with zero attached hydrogens (tertiary/aromatic N) is 3. The summed E-state index contributed by atoms with van der Waals surface area (Å²) in [5.41, 5.74) is 2.08. The molecule has 2 rings (SSSR count). The van der Waals surface area contributed by atoms with Crippen LogP contribution in [0.5, 0.6) is 0 Å². The number of rotatable bonds is 6. The Balaban J connectivity index is 1.87. The summed E-state index contributed by atoms with van der Waals surface area (Å²) in [6, 6.07) is 10.1.